The normalized spacial score (nSPS) is 16.5. The molecule has 9 nitrogen and oxygen atoms in total. The molecule has 1 atom stereocenters. The van der Waals surface area contributed by atoms with E-state index in [4.69, 9.17) is 16.3 Å². The van der Waals surface area contributed by atoms with Crippen molar-refractivity contribution in [3.05, 3.63) is 51.0 Å². The van der Waals surface area contributed by atoms with Gasteiger partial charge in [0.05, 0.1) is 16.8 Å². The lowest BCUT2D eigenvalue weighted by molar-refractivity contribution is 0.0218. The first-order valence-electron chi connectivity index (χ1n) is 11.9. The van der Waals surface area contributed by atoms with E-state index in [9.17, 15) is 14.0 Å². The van der Waals surface area contributed by atoms with Crippen LogP contribution in [0.1, 0.15) is 45.9 Å². The van der Waals surface area contributed by atoms with E-state index in [0.29, 0.717) is 48.6 Å². The molecule has 1 aliphatic heterocycles. The highest BCUT2D eigenvalue weighted by Gasteiger charge is 2.32. The quantitative estimate of drug-likeness (QED) is 0.479. The first-order chi connectivity index (χ1) is 16.9. The molecule has 11 heteroatoms. The van der Waals surface area contributed by atoms with Crippen LogP contribution in [-0.4, -0.2) is 61.8 Å². The Morgan fingerprint density at radius 3 is 2.64 bits per heavy atom. The van der Waals surface area contributed by atoms with Crippen molar-refractivity contribution in [3.63, 3.8) is 0 Å². The molecule has 0 bridgehead atoms. The van der Waals surface area contributed by atoms with E-state index < -0.39 is 23.2 Å². The molecule has 0 spiro atoms. The minimum atomic E-state index is -0.712. The summed E-state index contributed by atoms with van der Waals surface area (Å²) in [5, 5.41) is 0.00885. The van der Waals surface area contributed by atoms with Crippen LogP contribution < -0.4 is 10.6 Å². The fraction of sp³-hybridized carbons (Fsp3) is 0.480. The summed E-state index contributed by atoms with van der Waals surface area (Å²) in [6.45, 7) is 12.3. The number of carbonyl (C=O) groups excluding carboxylic acids is 1. The van der Waals surface area contributed by atoms with Crippen molar-refractivity contribution in [2.75, 3.05) is 24.5 Å². The molecule has 1 amide bonds. The van der Waals surface area contributed by atoms with Crippen LogP contribution >= 0.6 is 11.6 Å². The number of carbonyl (C=O) groups is 1. The minimum absolute atomic E-state index is 0.198. The Hall–Kier alpha value is -3.27. The van der Waals surface area contributed by atoms with Crippen LogP contribution in [0.4, 0.5) is 15.0 Å². The Bertz CT molecular complexity index is 1390. The molecule has 0 radical (unpaired) electrons. The topological polar surface area (TPSA) is 93.5 Å². The highest BCUT2D eigenvalue weighted by Crippen LogP contribution is 2.31. The Labute approximate surface area is 213 Å². The van der Waals surface area contributed by atoms with Crippen LogP contribution in [0.5, 0.6) is 0 Å². The highest BCUT2D eigenvalue weighted by molar-refractivity contribution is 6.30. The van der Waals surface area contributed by atoms with Gasteiger partial charge in [0.25, 0.3) is 0 Å². The molecule has 3 aromatic heterocycles. The summed E-state index contributed by atoms with van der Waals surface area (Å²) in [7, 11) is 0. The van der Waals surface area contributed by atoms with Gasteiger partial charge in [-0.15, -0.1) is 0 Å². The fourth-order valence-corrected chi connectivity index (χ4v) is 4.57. The molecule has 4 rings (SSSR count). The number of piperazine rings is 1. The predicted molar refractivity (Wildman–Crippen MR) is 137 cm³/mol. The molecule has 0 saturated carbocycles. The van der Waals surface area contributed by atoms with Gasteiger partial charge in [-0.2, -0.15) is 4.98 Å². The number of pyridine rings is 2. The van der Waals surface area contributed by atoms with E-state index >= 15 is 0 Å². The minimum Gasteiger partial charge on any atom is -0.444 e. The third-order valence-electron chi connectivity index (χ3n) is 6.07. The zero-order valence-electron chi connectivity index (χ0n) is 21.3. The number of hydrogen-bond donors (Lipinski definition) is 0. The summed E-state index contributed by atoms with van der Waals surface area (Å²) < 4.78 is 21.5. The second kappa shape index (κ2) is 9.65. The summed E-state index contributed by atoms with van der Waals surface area (Å²) in [4.78, 5) is 42.7. The number of rotatable bonds is 3. The molecule has 1 fully saturated rings. The van der Waals surface area contributed by atoms with Gasteiger partial charge < -0.3 is 14.5 Å². The summed E-state index contributed by atoms with van der Waals surface area (Å²) in [6, 6.07) is 2.83. The molecular weight excluding hydrogens is 487 g/mol. The van der Waals surface area contributed by atoms with Crippen molar-refractivity contribution < 1.29 is 13.9 Å². The number of halogens is 2. The average molecular weight is 517 g/mol. The van der Waals surface area contributed by atoms with E-state index in [1.807, 2.05) is 46.4 Å². The summed E-state index contributed by atoms with van der Waals surface area (Å²) in [5.74, 6) is -0.415. The SMILES string of the molecule is CCc1nccc(C)c1-n1c(=O)nc(N2CCN(C(=O)OC(C)(C)C)C[C@@H]2C)c2cc(F)c(Cl)nc21. The maximum Gasteiger partial charge on any atom is 0.410 e. The van der Waals surface area contributed by atoms with Crippen LogP contribution in [0.25, 0.3) is 16.7 Å². The van der Waals surface area contributed by atoms with Crippen LogP contribution in [0.2, 0.25) is 5.15 Å². The number of fused-ring (bicyclic) bond motifs is 1. The molecule has 0 aliphatic carbocycles. The molecule has 1 aliphatic rings. The van der Waals surface area contributed by atoms with Crippen molar-refractivity contribution in [1.29, 1.82) is 0 Å². The van der Waals surface area contributed by atoms with Gasteiger partial charge in [-0.05, 0) is 58.7 Å². The Balaban J connectivity index is 1.83. The lowest BCUT2D eigenvalue weighted by Gasteiger charge is -2.41. The Morgan fingerprint density at radius 2 is 2.00 bits per heavy atom. The smallest absolute Gasteiger partial charge is 0.410 e. The number of nitrogens with zero attached hydrogens (tertiary/aromatic N) is 6. The lowest BCUT2D eigenvalue weighted by Crippen LogP contribution is -2.55. The second-order valence-electron chi connectivity index (χ2n) is 9.93. The number of amides is 1. The number of aryl methyl sites for hydroxylation is 2. The standard InChI is InChI=1S/C25H30ClFN6O3/c1-7-18-19(14(2)8-9-28-18)33-22-16(12-17(27)20(26)29-22)21(30-23(33)34)32-11-10-31(13-15(32)3)24(35)36-25(4,5)6/h8-9,12,15H,7,10-11,13H2,1-6H3/t15-/m0/s1. The largest absolute Gasteiger partial charge is 0.444 e. The molecular formula is C25H30ClFN6O3. The number of anilines is 1. The number of hydrogen-bond acceptors (Lipinski definition) is 7. The summed E-state index contributed by atoms with van der Waals surface area (Å²) >= 11 is 6.08. The van der Waals surface area contributed by atoms with Crippen LogP contribution in [0, 0.1) is 12.7 Å². The molecule has 3 aromatic rings. The third-order valence-corrected chi connectivity index (χ3v) is 6.34. The monoisotopic (exact) mass is 516 g/mol. The van der Waals surface area contributed by atoms with Gasteiger partial charge in [0, 0.05) is 31.9 Å². The van der Waals surface area contributed by atoms with Crippen molar-refractivity contribution in [1.82, 2.24) is 24.4 Å². The van der Waals surface area contributed by atoms with E-state index in [0.717, 1.165) is 5.56 Å². The van der Waals surface area contributed by atoms with Gasteiger partial charge in [-0.3, -0.25) is 4.98 Å². The molecule has 0 unspecified atom stereocenters. The first-order valence-corrected chi connectivity index (χ1v) is 12.3. The van der Waals surface area contributed by atoms with Crippen LogP contribution in [-0.2, 0) is 11.2 Å². The summed E-state index contributed by atoms with van der Waals surface area (Å²) in [6.07, 6.45) is 1.85. The van der Waals surface area contributed by atoms with Gasteiger partial charge in [0.2, 0.25) is 0 Å². The van der Waals surface area contributed by atoms with E-state index in [1.54, 1.807) is 17.2 Å². The van der Waals surface area contributed by atoms with Gasteiger partial charge in [-0.25, -0.2) is 23.5 Å². The van der Waals surface area contributed by atoms with E-state index in [1.165, 1.54) is 10.6 Å². The maximum atomic E-state index is 14.7. The Morgan fingerprint density at radius 1 is 1.28 bits per heavy atom. The van der Waals surface area contributed by atoms with E-state index in [2.05, 4.69) is 15.0 Å². The molecule has 0 aromatic carbocycles. The molecule has 4 heterocycles. The molecule has 0 N–H and O–H groups in total. The second-order valence-corrected chi connectivity index (χ2v) is 10.3. The van der Waals surface area contributed by atoms with Gasteiger partial charge in [0.15, 0.2) is 16.6 Å². The van der Waals surface area contributed by atoms with Gasteiger partial charge >= 0.3 is 11.8 Å². The van der Waals surface area contributed by atoms with Crippen molar-refractivity contribution in [2.45, 2.75) is 59.6 Å². The van der Waals surface area contributed by atoms with Crippen molar-refractivity contribution in [3.8, 4) is 5.69 Å². The molecule has 1 saturated heterocycles. The van der Waals surface area contributed by atoms with Crippen LogP contribution in [0.15, 0.2) is 23.1 Å². The first kappa shape index (κ1) is 25.8. The van der Waals surface area contributed by atoms with Gasteiger partial charge in [0.1, 0.15) is 11.4 Å². The predicted octanol–water partition coefficient (Wildman–Crippen LogP) is 4.28. The zero-order valence-corrected chi connectivity index (χ0v) is 22.1. The van der Waals surface area contributed by atoms with Crippen molar-refractivity contribution >= 4 is 34.5 Å². The zero-order chi connectivity index (χ0) is 26.4. The molecule has 192 valence electrons. The molecule has 36 heavy (non-hydrogen) atoms. The summed E-state index contributed by atoms with van der Waals surface area (Å²) in [5.41, 5.74) is 1.08. The average Bonchev–Trinajstić information content (AvgIpc) is 2.79. The third kappa shape index (κ3) is 4.86. The number of aromatic nitrogens is 4. The van der Waals surface area contributed by atoms with E-state index in [-0.39, 0.29) is 16.8 Å². The van der Waals surface area contributed by atoms with Crippen LogP contribution in [0.3, 0.4) is 0 Å². The van der Waals surface area contributed by atoms with Gasteiger partial charge in [-0.1, -0.05) is 18.5 Å². The highest BCUT2D eigenvalue weighted by atomic mass is 35.5. The maximum absolute atomic E-state index is 14.7. The lowest BCUT2D eigenvalue weighted by atomic mass is 10.1. The Kier molecular flexibility index (Phi) is 6.92. The fourth-order valence-electron chi connectivity index (χ4n) is 4.44. The van der Waals surface area contributed by atoms with Crippen molar-refractivity contribution in [2.24, 2.45) is 0 Å². The number of ether oxygens (including phenoxy) is 1.